The fraction of sp³-hybridized carbons (Fsp3) is 0.889. The Hall–Kier alpha value is -0.570. The maximum Gasteiger partial charge on any atom is 0.222 e. The molecule has 68 valence electrons. The molecule has 12 heavy (non-hydrogen) atoms. The van der Waals surface area contributed by atoms with Crippen molar-refractivity contribution in [2.24, 2.45) is 5.73 Å². The van der Waals surface area contributed by atoms with Crippen LogP contribution in [-0.4, -0.2) is 29.4 Å². The SMILES string of the molecule is NC1CC(N2CCCCC2=O)C1. The van der Waals surface area contributed by atoms with Crippen molar-refractivity contribution >= 4 is 5.91 Å². The number of hydrogen-bond acceptors (Lipinski definition) is 2. The van der Waals surface area contributed by atoms with Gasteiger partial charge >= 0.3 is 0 Å². The number of carbonyl (C=O) groups excluding carboxylic acids is 1. The number of likely N-dealkylation sites (tertiary alicyclic amines) is 1. The lowest BCUT2D eigenvalue weighted by atomic mass is 9.85. The van der Waals surface area contributed by atoms with E-state index in [2.05, 4.69) is 0 Å². The first-order valence-electron chi connectivity index (χ1n) is 4.82. The molecule has 1 amide bonds. The summed E-state index contributed by atoms with van der Waals surface area (Å²) >= 11 is 0. The van der Waals surface area contributed by atoms with Gasteiger partial charge in [-0.1, -0.05) is 0 Å². The van der Waals surface area contributed by atoms with E-state index in [0.29, 0.717) is 18.0 Å². The minimum absolute atomic E-state index is 0.346. The molecule has 0 aromatic rings. The predicted molar refractivity (Wildman–Crippen MR) is 46.6 cm³/mol. The van der Waals surface area contributed by atoms with Crippen molar-refractivity contribution in [3.8, 4) is 0 Å². The quantitative estimate of drug-likeness (QED) is 0.619. The fourth-order valence-corrected chi connectivity index (χ4v) is 2.10. The first-order valence-corrected chi connectivity index (χ1v) is 4.82. The molecule has 2 aliphatic rings. The maximum atomic E-state index is 11.4. The Labute approximate surface area is 72.9 Å². The Kier molecular flexibility index (Phi) is 2.05. The van der Waals surface area contributed by atoms with Crippen molar-refractivity contribution in [2.75, 3.05) is 6.54 Å². The van der Waals surface area contributed by atoms with Crippen LogP contribution in [0.15, 0.2) is 0 Å². The summed E-state index contributed by atoms with van der Waals surface area (Å²) < 4.78 is 0. The summed E-state index contributed by atoms with van der Waals surface area (Å²) in [4.78, 5) is 13.5. The van der Waals surface area contributed by atoms with Crippen LogP contribution >= 0.6 is 0 Å². The van der Waals surface area contributed by atoms with E-state index in [9.17, 15) is 4.79 Å². The second kappa shape index (κ2) is 3.05. The third kappa shape index (κ3) is 1.33. The van der Waals surface area contributed by atoms with Gasteiger partial charge in [0.25, 0.3) is 0 Å². The number of piperidine rings is 1. The third-order valence-electron chi connectivity index (χ3n) is 2.95. The van der Waals surface area contributed by atoms with E-state index in [0.717, 1.165) is 32.2 Å². The molecule has 1 saturated carbocycles. The summed E-state index contributed by atoms with van der Waals surface area (Å²) in [5.41, 5.74) is 5.68. The third-order valence-corrected chi connectivity index (χ3v) is 2.95. The summed E-state index contributed by atoms with van der Waals surface area (Å²) in [6, 6.07) is 0.831. The maximum absolute atomic E-state index is 11.4. The number of carbonyl (C=O) groups is 1. The van der Waals surface area contributed by atoms with Gasteiger partial charge in [0.2, 0.25) is 5.91 Å². The van der Waals surface area contributed by atoms with E-state index in [-0.39, 0.29) is 0 Å². The molecule has 2 N–H and O–H groups in total. The number of rotatable bonds is 1. The topological polar surface area (TPSA) is 46.3 Å². The van der Waals surface area contributed by atoms with E-state index in [1.54, 1.807) is 0 Å². The van der Waals surface area contributed by atoms with Gasteiger partial charge in [-0.15, -0.1) is 0 Å². The largest absolute Gasteiger partial charge is 0.340 e. The standard InChI is InChI=1S/C9H16N2O/c10-7-5-8(6-7)11-4-2-1-3-9(11)12/h7-8H,1-6,10H2. The Bertz CT molecular complexity index is 187. The van der Waals surface area contributed by atoms with Gasteiger partial charge in [-0.05, 0) is 25.7 Å². The van der Waals surface area contributed by atoms with Crippen molar-refractivity contribution in [3.05, 3.63) is 0 Å². The van der Waals surface area contributed by atoms with Crippen LogP contribution in [0.25, 0.3) is 0 Å². The molecule has 0 atom stereocenters. The minimum atomic E-state index is 0.346. The molecular formula is C9H16N2O. The van der Waals surface area contributed by atoms with Crippen LogP contribution in [0.2, 0.25) is 0 Å². The Balaban J connectivity index is 1.89. The van der Waals surface area contributed by atoms with Crippen LogP contribution in [0.1, 0.15) is 32.1 Å². The van der Waals surface area contributed by atoms with E-state index in [1.165, 1.54) is 6.42 Å². The summed E-state index contributed by atoms with van der Waals surface area (Å²) in [5.74, 6) is 0.346. The Morgan fingerprint density at radius 2 is 2.08 bits per heavy atom. The highest BCUT2D eigenvalue weighted by Crippen LogP contribution is 2.27. The van der Waals surface area contributed by atoms with Crippen molar-refractivity contribution in [3.63, 3.8) is 0 Å². The van der Waals surface area contributed by atoms with Crippen molar-refractivity contribution in [2.45, 2.75) is 44.2 Å². The Morgan fingerprint density at radius 1 is 1.33 bits per heavy atom. The molecule has 0 unspecified atom stereocenters. The van der Waals surface area contributed by atoms with Gasteiger partial charge in [0.1, 0.15) is 0 Å². The van der Waals surface area contributed by atoms with Gasteiger partial charge in [-0.25, -0.2) is 0 Å². The van der Waals surface area contributed by atoms with Crippen LogP contribution in [0.5, 0.6) is 0 Å². The molecule has 0 aromatic carbocycles. The monoisotopic (exact) mass is 168 g/mol. The summed E-state index contributed by atoms with van der Waals surface area (Å²) in [5, 5.41) is 0. The number of nitrogens with two attached hydrogens (primary N) is 1. The van der Waals surface area contributed by atoms with Crippen molar-refractivity contribution < 1.29 is 4.79 Å². The molecule has 1 aliphatic carbocycles. The Morgan fingerprint density at radius 3 is 2.67 bits per heavy atom. The molecule has 3 nitrogen and oxygen atoms in total. The van der Waals surface area contributed by atoms with Crippen LogP contribution in [0.4, 0.5) is 0 Å². The zero-order valence-corrected chi connectivity index (χ0v) is 7.33. The molecule has 1 aliphatic heterocycles. The lowest BCUT2D eigenvalue weighted by Crippen LogP contribution is -2.54. The average molecular weight is 168 g/mol. The van der Waals surface area contributed by atoms with E-state index < -0.39 is 0 Å². The van der Waals surface area contributed by atoms with E-state index >= 15 is 0 Å². The predicted octanol–water partition coefficient (Wildman–Crippen LogP) is 0.489. The van der Waals surface area contributed by atoms with Crippen LogP contribution in [-0.2, 0) is 4.79 Å². The van der Waals surface area contributed by atoms with Gasteiger partial charge in [-0.3, -0.25) is 4.79 Å². The molecule has 0 aromatic heterocycles. The lowest BCUT2D eigenvalue weighted by molar-refractivity contribution is -0.137. The minimum Gasteiger partial charge on any atom is -0.340 e. The molecular weight excluding hydrogens is 152 g/mol. The number of amides is 1. The van der Waals surface area contributed by atoms with Crippen molar-refractivity contribution in [1.82, 2.24) is 4.90 Å². The van der Waals surface area contributed by atoms with Gasteiger partial charge in [0.15, 0.2) is 0 Å². The molecule has 0 radical (unpaired) electrons. The first-order chi connectivity index (χ1) is 5.77. The zero-order chi connectivity index (χ0) is 8.55. The number of hydrogen-bond donors (Lipinski definition) is 1. The van der Waals surface area contributed by atoms with Crippen LogP contribution in [0, 0.1) is 0 Å². The zero-order valence-electron chi connectivity index (χ0n) is 7.33. The van der Waals surface area contributed by atoms with Crippen molar-refractivity contribution in [1.29, 1.82) is 0 Å². The van der Waals surface area contributed by atoms with E-state index in [1.807, 2.05) is 4.90 Å². The van der Waals surface area contributed by atoms with Gasteiger partial charge in [0.05, 0.1) is 0 Å². The molecule has 3 heteroatoms. The highest BCUT2D eigenvalue weighted by atomic mass is 16.2. The van der Waals surface area contributed by atoms with Crippen LogP contribution < -0.4 is 5.73 Å². The summed E-state index contributed by atoms with van der Waals surface area (Å²) in [6.45, 7) is 0.968. The molecule has 0 bridgehead atoms. The summed E-state index contributed by atoms with van der Waals surface area (Å²) in [6.07, 6.45) is 5.05. The van der Waals surface area contributed by atoms with Gasteiger partial charge in [0, 0.05) is 25.0 Å². The highest BCUT2D eigenvalue weighted by Gasteiger charge is 2.34. The first kappa shape index (κ1) is 8.05. The van der Waals surface area contributed by atoms with Gasteiger partial charge < -0.3 is 10.6 Å². The normalized spacial score (nSPS) is 36.4. The van der Waals surface area contributed by atoms with E-state index in [4.69, 9.17) is 5.73 Å². The molecule has 2 rings (SSSR count). The molecule has 1 saturated heterocycles. The van der Waals surface area contributed by atoms with Crippen LogP contribution in [0.3, 0.4) is 0 Å². The average Bonchev–Trinajstić information content (AvgIpc) is 2.01. The van der Waals surface area contributed by atoms with Gasteiger partial charge in [-0.2, -0.15) is 0 Å². The summed E-state index contributed by atoms with van der Waals surface area (Å²) in [7, 11) is 0. The number of nitrogens with zero attached hydrogens (tertiary/aromatic N) is 1. The lowest BCUT2D eigenvalue weighted by Gasteiger charge is -2.43. The molecule has 0 spiro atoms. The highest BCUT2D eigenvalue weighted by molar-refractivity contribution is 5.77. The second-order valence-corrected chi connectivity index (χ2v) is 3.93. The fourth-order valence-electron chi connectivity index (χ4n) is 2.10. The smallest absolute Gasteiger partial charge is 0.222 e. The molecule has 1 heterocycles. The molecule has 2 fully saturated rings. The second-order valence-electron chi connectivity index (χ2n) is 3.93.